The zero-order valence-corrected chi connectivity index (χ0v) is 26.9. The van der Waals surface area contributed by atoms with Crippen LogP contribution in [0.5, 0.6) is 5.88 Å². The minimum atomic E-state index is -4.75. The van der Waals surface area contributed by atoms with Gasteiger partial charge in [-0.05, 0) is 74.2 Å². The van der Waals surface area contributed by atoms with Crippen LogP contribution in [0, 0.1) is 19.3 Å². The molecule has 0 aromatic carbocycles. The number of aliphatic carboxylic acids is 1. The second-order valence-corrected chi connectivity index (χ2v) is 14.5. The second-order valence-electron chi connectivity index (χ2n) is 12.6. The Balaban J connectivity index is 1.46. The first-order chi connectivity index (χ1) is 22.0. The lowest BCUT2D eigenvalue weighted by atomic mass is 9.71. The molecular weight excluding hydrogens is 641 g/mol. The number of sulfonamides is 1. The van der Waals surface area contributed by atoms with Gasteiger partial charge in [0.15, 0.2) is 5.65 Å². The molecule has 2 aliphatic heterocycles. The SMILES string of the molecule is Cc1cnc(C(c2ccn3c(C(F)(F)F)nnc3c2C)C(C)(C)C(=O)O)cc1CN1CC2(CCOCC2)Oc2ncccc2S1(=O)=O. The lowest BCUT2D eigenvalue weighted by molar-refractivity contribution is -0.147. The fourth-order valence-electron chi connectivity index (χ4n) is 6.32. The number of alkyl halides is 3. The zero-order valence-electron chi connectivity index (χ0n) is 26.1. The highest BCUT2D eigenvalue weighted by molar-refractivity contribution is 7.89. The minimum Gasteiger partial charge on any atom is -0.481 e. The van der Waals surface area contributed by atoms with Crippen molar-refractivity contribution in [1.82, 2.24) is 28.9 Å². The third-order valence-electron chi connectivity index (χ3n) is 9.12. The molecule has 0 aliphatic carbocycles. The van der Waals surface area contributed by atoms with E-state index in [4.69, 9.17) is 9.47 Å². The Bertz CT molecular complexity index is 1970. The zero-order chi connectivity index (χ0) is 33.9. The molecule has 1 atom stereocenters. The summed E-state index contributed by atoms with van der Waals surface area (Å²) >= 11 is 0. The minimum absolute atomic E-state index is 0.0281. The van der Waals surface area contributed by atoms with Gasteiger partial charge in [-0.25, -0.2) is 13.4 Å². The second kappa shape index (κ2) is 11.5. The monoisotopic (exact) mass is 674 g/mol. The summed E-state index contributed by atoms with van der Waals surface area (Å²) < 4.78 is 82.9. The molecule has 1 fully saturated rings. The fraction of sp³-hybridized carbons (Fsp3) is 0.452. The van der Waals surface area contributed by atoms with Crippen molar-refractivity contribution in [3.8, 4) is 5.88 Å². The van der Waals surface area contributed by atoms with E-state index in [9.17, 15) is 31.5 Å². The van der Waals surface area contributed by atoms with Gasteiger partial charge in [-0.3, -0.25) is 14.2 Å². The molecule has 0 bridgehead atoms. The average molecular weight is 675 g/mol. The molecule has 1 unspecified atom stereocenters. The number of pyridine rings is 3. The van der Waals surface area contributed by atoms with Gasteiger partial charge < -0.3 is 14.6 Å². The van der Waals surface area contributed by atoms with E-state index in [1.54, 1.807) is 26.1 Å². The number of carboxylic acid groups (broad SMARTS) is 1. The molecular formula is C31H33F3N6O6S. The van der Waals surface area contributed by atoms with Crippen LogP contribution in [0.1, 0.15) is 66.4 Å². The summed E-state index contributed by atoms with van der Waals surface area (Å²) in [5, 5.41) is 17.4. The van der Waals surface area contributed by atoms with E-state index in [1.165, 1.54) is 48.7 Å². The predicted octanol–water partition coefficient (Wildman–Crippen LogP) is 4.53. The summed E-state index contributed by atoms with van der Waals surface area (Å²) in [6.07, 6.45) is 0.338. The Morgan fingerprint density at radius 1 is 1.13 bits per heavy atom. The molecule has 12 nitrogen and oxygen atoms in total. The van der Waals surface area contributed by atoms with Crippen molar-refractivity contribution >= 4 is 21.6 Å². The predicted molar refractivity (Wildman–Crippen MR) is 160 cm³/mol. The number of rotatable bonds is 6. The standard InChI is InChI=1S/C31H33F3N6O6S/c1-18-15-36-22(24(29(3,4)28(41)42)21-7-11-40-25(19(21)2)37-38-27(40)31(32,33)34)14-20(18)16-39-17-30(8-12-45-13-9-30)46-26-23(47(39,43)44)6-5-10-35-26/h5-7,10-11,14-15,24H,8-9,12-13,16-17H2,1-4H3,(H,41,42). The van der Waals surface area contributed by atoms with Crippen LogP contribution < -0.4 is 4.74 Å². The summed E-state index contributed by atoms with van der Waals surface area (Å²) in [5.74, 6) is -3.30. The Morgan fingerprint density at radius 2 is 1.85 bits per heavy atom. The van der Waals surface area contributed by atoms with Crippen molar-refractivity contribution in [2.75, 3.05) is 19.8 Å². The third kappa shape index (κ3) is 5.71. The summed E-state index contributed by atoms with van der Waals surface area (Å²) in [7, 11) is -4.10. The van der Waals surface area contributed by atoms with Gasteiger partial charge >= 0.3 is 12.1 Å². The maximum Gasteiger partial charge on any atom is 0.452 e. The smallest absolute Gasteiger partial charge is 0.452 e. The molecule has 16 heteroatoms. The van der Waals surface area contributed by atoms with E-state index in [0.29, 0.717) is 54.0 Å². The van der Waals surface area contributed by atoms with Crippen LogP contribution in [-0.2, 0) is 32.3 Å². The van der Waals surface area contributed by atoms with Crippen LogP contribution in [0.25, 0.3) is 5.65 Å². The fourth-order valence-corrected chi connectivity index (χ4v) is 7.88. The average Bonchev–Trinajstić information content (AvgIpc) is 3.43. The highest BCUT2D eigenvalue weighted by atomic mass is 32.2. The maximum atomic E-state index is 14.1. The highest BCUT2D eigenvalue weighted by Gasteiger charge is 2.46. The van der Waals surface area contributed by atoms with Crippen LogP contribution in [0.15, 0.2) is 47.8 Å². The normalized spacial score (nSPS) is 18.8. The van der Waals surface area contributed by atoms with Crippen LogP contribution >= 0.6 is 0 Å². The molecule has 4 aromatic rings. The van der Waals surface area contributed by atoms with Gasteiger partial charge in [0.25, 0.3) is 0 Å². The van der Waals surface area contributed by atoms with Crippen molar-refractivity contribution in [1.29, 1.82) is 0 Å². The van der Waals surface area contributed by atoms with Crippen LogP contribution in [0.4, 0.5) is 13.2 Å². The molecule has 6 heterocycles. The van der Waals surface area contributed by atoms with Gasteiger partial charge in [-0.1, -0.05) is 0 Å². The van der Waals surface area contributed by atoms with Crippen molar-refractivity contribution in [3.05, 3.63) is 76.6 Å². The third-order valence-corrected chi connectivity index (χ3v) is 10.9. The number of ether oxygens (including phenoxy) is 2. The van der Waals surface area contributed by atoms with E-state index in [2.05, 4.69) is 20.2 Å². The number of nitrogens with zero attached hydrogens (tertiary/aromatic N) is 6. The summed E-state index contributed by atoms with van der Waals surface area (Å²) in [6.45, 7) is 7.07. The highest BCUT2D eigenvalue weighted by Crippen LogP contribution is 2.44. The molecule has 1 spiro atoms. The van der Waals surface area contributed by atoms with E-state index in [0.717, 1.165) is 4.40 Å². The number of aromatic nitrogens is 5. The van der Waals surface area contributed by atoms with Gasteiger partial charge in [0, 0.05) is 49.6 Å². The molecule has 47 heavy (non-hydrogen) atoms. The first-order valence-electron chi connectivity index (χ1n) is 14.9. The van der Waals surface area contributed by atoms with E-state index >= 15 is 0 Å². The summed E-state index contributed by atoms with van der Waals surface area (Å²) in [4.78, 5) is 21.4. The van der Waals surface area contributed by atoms with Crippen molar-refractivity contribution in [3.63, 3.8) is 0 Å². The van der Waals surface area contributed by atoms with Crippen molar-refractivity contribution in [2.24, 2.45) is 5.41 Å². The van der Waals surface area contributed by atoms with Gasteiger partial charge in [0.2, 0.25) is 21.7 Å². The number of fused-ring (bicyclic) bond motifs is 2. The van der Waals surface area contributed by atoms with E-state index in [1.807, 2.05) is 0 Å². The molecule has 250 valence electrons. The Hall–Kier alpha value is -4.15. The Labute approximate surface area is 268 Å². The van der Waals surface area contributed by atoms with Gasteiger partial charge in [-0.2, -0.15) is 17.5 Å². The summed E-state index contributed by atoms with van der Waals surface area (Å²) in [6, 6.07) is 6.07. The molecule has 0 radical (unpaired) electrons. The number of halogens is 3. The Morgan fingerprint density at radius 3 is 2.53 bits per heavy atom. The maximum absolute atomic E-state index is 14.1. The van der Waals surface area contributed by atoms with E-state index in [-0.39, 0.29) is 29.5 Å². The molecule has 0 amide bonds. The number of carboxylic acids is 1. The Kier molecular flexibility index (Phi) is 8.04. The van der Waals surface area contributed by atoms with Crippen LogP contribution in [0.2, 0.25) is 0 Å². The number of hydrogen-bond donors (Lipinski definition) is 1. The van der Waals surface area contributed by atoms with Gasteiger partial charge in [0.05, 0.1) is 25.2 Å². The first kappa shape index (κ1) is 32.8. The quantitative estimate of drug-likeness (QED) is 0.309. The molecule has 2 aliphatic rings. The van der Waals surface area contributed by atoms with Crippen LogP contribution in [-0.4, -0.2) is 73.7 Å². The largest absolute Gasteiger partial charge is 0.481 e. The molecule has 1 N–H and O–H groups in total. The molecule has 0 saturated carbocycles. The molecule has 1 saturated heterocycles. The van der Waals surface area contributed by atoms with Gasteiger partial charge in [0.1, 0.15) is 10.5 Å². The molecule has 4 aromatic heterocycles. The first-order valence-corrected chi connectivity index (χ1v) is 16.3. The van der Waals surface area contributed by atoms with E-state index < -0.39 is 44.9 Å². The lowest BCUT2D eigenvalue weighted by Gasteiger charge is -2.38. The lowest BCUT2D eigenvalue weighted by Crippen LogP contribution is -2.50. The van der Waals surface area contributed by atoms with Crippen molar-refractivity contribution in [2.45, 2.75) is 69.7 Å². The van der Waals surface area contributed by atoms with Crippen LogP contribution in [0.3, 0.4) is 0 Å². The van der Waals surface area contributed by atoms with Gasteiger partial charge in [-0.15, -0.1) is 10.2 Å². The number of aryl methyl sites for hydroxylation is 2. The van der Waals surface area contributed by atoms with Crippen molar-refractivity contribution < 1.29 is 41.0 Å². The topological polar surface area (TPSA) is 149 Å². The number of carbonyl (C=O) groups is 1. The molecule has 6 rings (SSSR count). The number of hydrogen-bond acceptors (Lipinski definition) is 9. The summed E-state index contributed by atoms with van der Waals surface area (Å²) in [5.41, 5.74) is -0.225.